The van der Waals surface area contributed by atoms with Crippen LogP contribution < -0.4 is 9.47 Å². The second kappa shape index (κ2) is 18.1. The van der Waals surface area contributed by atoms with Crippen molar-refractivity contribution < 1.29 is 38.0 Å². The number of rotatable bonds is 20. The molecule has 8 heteroatoms. The minimum atomic E-state index is -0.596. The first-order chi connectivity index (χ1) is 20.9. The minimum Gasteiger partial charge on any atom is -0.489 e. The molecular weight excluding hydrogens is 548 g/mol. The van der Waals surface area contributed by atoms with E-state index in [1.54, 1.807) is 0 Å². The van der Waals surface area contributed by atoms with E-state index in [0.29, 0.717) is 26.1 Å². The van der Waals surface area contributed by atoms with E-state index in [9.17, 15) is 9.59 Å². The van der Waals surface area contributed by atoms with Crippen LogP contribution in [0.25, 0.3) is 10.8 Å². The van der Waals surface area contributed by atoms with E-state index in [1.807, 2.05) is 24.3 Å². The number of hydrogen-bond donors (Lipinski definition) is 0. The minimum absolute atomic E-state index is 0.125. The first-order valence-corrected chi connectivity index (χ1v) is 15.2. The first kappa shape index (κ1) is 33.9. The summed E-state index contributed by atoms with van der Waals surface area (Å²) in [5.74, 6) is 0.420. The SMILES string of the molecule is C=CC(=O)OC(COCCCC)COc1c2c(c(OCC(COCCCC)OC(=O)C=C)c3ccccc13)CC(C)=CC2. The van der Waals surface area contributed by atoms with Crippen LogP contribution in [0.4, 0.5) is 0 Å². The summed E-state index contributed by atoms with van der Waals surface area (Å²) in [5.41, 5.74) is 3.25. The molecule has 0 saturated carbocycles. The lowest BCUT2D eigenvalue weighted by atomic mass is 9.87. The van der Waals surface area contributed by atoms with E-state index in [1.165, 1.54) is 5.57 Å². The van der Waals surface area contributed by atoms with Gasteiger partial charge in [0.1, 0.15) is 24.7 Å². The lowest BCUT2D eigenvalue weighted by molar-refractivity contribution is -0.148. The molecule has 1 aliphatic rings. The summed E-state index contributed by atoms with van der Waals surface area (Å²) in [6.07, 6.45) is 8.50. The van der Waals surface area contributed by atoms with Crippen LogP contribution in [0.2, 0.25) is 0 Å². The maximum atomic E-state index is 12.0. The van der Waals surface area contributed by atoms with Crippen molar-refractivity contribution in [1.29, 1.82) is 0 Å². The van der Waals surface area contributed by atoms with Gasteiger partial charge in [-0.3, -0.25) is 0 Å². The molecule has 3 rings (SSSR count). The molecule has 0 N–H and O–H groups in total. The summed E-state index contributed by atoms with van der Waals surface area (Å²) in [7, 11) is 0. The molecule has 0 aromatic heterocycles. The number of hydrogen-bond acceptors (Lipinski definition) is 8. The van der Waals surface area contributed by atoms with Crippen molar-refractivity contribution in [2.75, 3.05) is 39.6 Å². The van der Waals surface area contributed by atoms with Gasteiger partial charge in [0.25, 0.3) is 0 Å². The van der Waals surface area contributed by atoms with Crippen LogP contribution >= 0.6 is 0 Å². The van der Waals surface area contributed by atoms with Gasteiger partial charge in [-0.1, -0.05) is 75.8 Å². The second-order valence-corrected chi connectivity index (χ2v) is 10.6. The predicted molar refractivity (Wildman–Crippen MR) is 168 cm³/mol. The number of esters is 2. The van der Waals surface area contributed by atoms with E-state index >= 15 is 0 Å². The Bertz CT molecular complexity index is 1260. The highest BCUT2D eigenvalue weighted by atomic mass is 16.6. The van der Waals surface area contributed by atoms with Gasteiger partial charge >= 0.3 is 11.9 Å². The van der Waals surface area contributed by atoms with Crippen molar-refractivity contribution in [3.63, 3.8) is 0 Å². The van der Waals surface area contributed by atoms with Crippen LogP contribution in [0.5, 0.6) is 11.5 Å². The van der Waals surface area contributed by atoms with Gasteiger partial charge in [-0.2, -0.15) is 0 Å². The highest BCUT2D eigenvalue weighted by Crippen LogP contribution is 2.44. The monoisotopic (exact) mass is 594 g/mol. The van der Waals surface area contributed by atoms with E-state index in [4.69, 9.17) is 28.4 Å². The van der Waals surface area contributed by atoms with Crippen molar-refractivity contribution in [2.45, 2.75) is 71.5 Å². The number of ether oxygens (including phenoxy) is 6. The van der Waals surface area contributed by atoms with Gasteiger partial charge in [-0.25, -0.2) is 9.59 Å². The molecule has 0 spiro atoms. The number of fused-ring (bicyclic) bond motifs is 2. The highest BCUT2D eigenvalue weighted by molar-refractivity contribution is 5.96. The maximum Gasteiger partial charge on any atom is 0.330 e. The molecule has 0 radical (unpaired) electrons. The van der Waals surface area contributed by atoms with E-state index in [2.05, 4.69) is 40.0 Å². The van der Waals surface area contributed by atoms with Crippen LogP contribution in [0.1, 0.15) is 57.6 Å². The topological polar surface area (TPSA) is 89.5 Å². The molecule has 0 saturated heterocycles. The van der Waals surface area contributed by atoms with Crippen LogP contribution in [0.3, 0.4) is 0 Å². The van der Waals surface area contributed by atoms with Crippen LogP contribution in [0, 0.1) is 0 Å². The van der Waals surface area contributed by atoms with Gasteiger partial charge in [0.05, 0.1) is 13.2 Å². The lowest BCUT2D eigenvalue weighted by Crippen LogP contribution is -2.30. The Hall–Kier alpha value is -3.62. The van der Waals surface area contributed by atoms with E-state index in [0.717, 1.165) is 71.2 Å². The Morgan fingerprint density at radius 1 is 0.791 bits per heavy atom. The number of carbonyl (C=O) groups is 2. The third kappa shape index (κ3) is 10.3. The Kier molecular flexibility index (Phi) is 14.3. The third-order valence-electron chi connectivity index (χ3n) is 7.06. The van der Waals surface area contributed by atoms with Crippen LogP contribution in [0.15, 0.2) is 61.2 Å². The zero-order chi connectivity index (χ0) is 31.0. The van der Waals surface area contributed by atoms with Crippen LogP contribution in [-0.2, 0) is 41.4 Å². The van der Waals surface area contributed by atoms with Crippen molar-refractivity contribution in [3.8, 4) is 11.5 Å². The zero-order valence-electron chi connectivity index (χ0n) is 25.9. The predicted octanol–water partition coefficient (Wildman–Crippen LogP) is 6.47. The highest BCUT2D eigenvalue weighted by Gasteiger charge is 2.26. The molecule has 234 valence electrons. The molecule has 0 amide bonds. The molecule has 2 aromatic rings. The fourth-order valence-electron chi connectivity index (χ4n) is 4.77. The normalized spacial score (nSPS) is 13.8. The van der Waals surface area contributed by atoms with Crippen molar-refractivity contribution in [1.82, 2.24) is 0 Å². The number of unbranched alkanes of at least 4 members (excludes halogenated alkanes) is 2. The summed E-state index contributed by atoms with van der Waals surface area (Å²) in [6, 6.07) is 7.90. The Morgan fingerprint density at radius 3 is 1.74 bits per heavy atom. The van der Waals surface area contributed by atoms with Gasteiger partial charge in [-0.05, 0) is 32.6 Å². The summed E-state index contributed by atoms with van der Waals surface area (Å²) in [6.45, 7) is 15.2. The summed E-state index contributed by atoms with van der Waals surface area (Å²) in [4.78, 5) is 24.1. The third-order valence-corrected chi connectivity index (χ3v) is 7.06. The van der Waals surface area contributed by atoms with Gasteiger partial charge in [0.15, 0.2) is 12.2 Å². The number of allylic oxidation sites excluding steroid dienone is 2. The summed E-state index contributed by atoms with van der Waals surface area (Å²) in [5, 5.41) is 1.76. The van der Waals surface area contributed by atoms with E-state index in [-0.39, 0.29) is 26.4 Å². The van der Waals surface area contributed by atoms with Gasteiger partial charge < -0.3 is 28.4 Å². The van der Waals surface area contributed by atoms with Crippen molar-refractivity contribution >= 4 is 22.7 Å². The maximum absolute atomic E-state index is 12.0. The lowest BCUT2D eigenvalue weighted by Gasteiger charge is -2.27. The Labute approximate surface area is 255 Å². The smallest absolute Gasteiger partial charge is 0.330 e. The molecule has 0 aliphatic heterocycles. The quantitative estimate of drug-likeness (QED) is 0.0746. The molecule has 0 fully saturated rings. The fraction of sp³-hybridized carbons (Fsp3) is 0.486. The zero-order valence-corrected chi connectivity index (χ0v) is 25.9. The molecule has 2 unspecified atom stereocenters. The molecule has 2 aromatic carbocycles. The molecule has 43 heavy (non-hydrogen) atoms. The molecule has 8 nitrogen and oxygen atoms in total. The van der Waals surface area contributed by atoms with Gasteiger partial charge in [0, 0.05) is 47.3 Å². The largest absolute Gasteiger partial charge is 0.489 e. The molecule has 0 heterocycles. The molecular formula is C35H46O8. The summed E-state index contributed by atoms with van der Waals surface area (Å²) < 4.78 is 35.6. The molecule has 1 aliphatic carbocycles. The number of carbonyl (C=O) groups excluding carboxylic acids is 2. The van der Waals surface area contributed by atoms with E-state index < -0.39 is 24.1 Å². The average molecular weight is 595 g/mol. The van der Waals surface area contributed by atoms with Crippen molar-refractivity contribution in [3.05, 3.63) is 72.4 Å². The van der Waals surface area contributed by atoms with Gasteiger partial charge in [0.2, 0.25) is 0 Å². The van der Waals surface area contributed by atoms with Crippen molar-refractivity contribution in [2.24, 2.45) is 0 Å². The molecule has 0 bridgehead atoms. The van der Waals surface area contributed by atoms with Gasteiger partial charge in [-0.15, -0.1) is 0 Å². The Morgan fingerprint density at radius 2 is 1.28 bits per heavy atom. The summed E-state index contributed by atoms with van der Waals surface area (Å²) >= 11 is 0. The fourth-order valence-corrected chi connectivity index (χ4v) is 4.77. The standard InChI is InChI=1S/C35H46O8/c1-6-10-18-38-21-26(42-32(36)8-3)23-40-34-28-14-12-13-15-29(28)35(31-20-25(5)16-17-30(31)34)41-24-27(43-33(37)9-4)22-39-19-11-7-2/h8-9,12-16,26-27H,3-4,6-7,10-11,17-24H2,1-2,5H3. The second-order valence-electron chi connectivity index (χ2n) is 10.6. The Balaban J connectivity index is 1.91. The van der Waals surface area contributed by atoms with Crippen LogP contribution in [-0.4, -0.2) is 63.8 Å². The average Bonchev–Trinajstić information content (AvgIpc) is 3.02. The number of benzene rings is 2. The molecule has 2 atom stereocenters. The first-order valence-electron chi connectivity index (χ1n) is 15.2.